The van der Waals surface area contributed by atoms with Gasteiger partial charge < -0.3 is 8.33 Å². The quantitative estimate of drug-likeness (QED) is 0.514. The number of hydrogen-bond donors (Lipinski definition) is 0. The van der Waals surface area contributed by atoms with E-state index in [0.717, 1.165) is 0 Å². The van der Waals surface area contributed by atoms with Crippen LogP contribution < -0.4 is 0 Å². The Morgan fingerprint density at radius 3 is 1.20 bits per heavy atom. The van der Waals surface area contributed by atoms with Gasteiger partial charge in [0.25, 0.3) is 0 Å². The Morgan fingerprint density at radius 2 is 1.20 bits per heavy atom. The first kappa shape index (κ1) is 37.3. The molecule has 0 saturated heterocycles. The molecule has 0 aliphatic rings. The van der Waals surface area contributed by atoms with Gasteiger partial charge >= 0.3 is 37.7 Å². The third-order valence-electron chi connectivity index (χ3n) is 0. The fraction of sp³-hybridized carbons (Fsp3) is 0. The molecule has 1 nitrogen and oxygen atoms in total. The van der Waals surface area contributed by atoms with Gasteiger partial charge in [0.15, 0.2) is 0 Å². The molecule has 0 atom stereocenters. The molecule has 0 aromatic heterocycles. The average molecular weight is 317 g/mol. The minimum Gasteiger partial charge on any atom is -1.00 e. The van der Waals surface area contributed by atoms with Gasteiger partial charge in [-0.25, -0.2) is 0 Å². The topological polar surface area (TPSA) is 31.5 Å². The average Bonchev–Trinajstić information content (AvgIpc) is 0. The van der Waals surface area contributed by atoms with E-state index < -0.39 is 0 Å². The van der Waals surface area contributed by atoms with E-state index in [0.29, 0.717) is 0 Å². The first-order chi connectivity index (χ1) is 0. The molecule has 0 spiro atoms. The molecule has 0 aliphatic carbocycles. The van der Waals surface area contributed by atoms with Crippen LogP contribution in [0.1, 0.15) is 2.85 Å². The fourth-order valence-corrected chi connectivity index (χ4v) is 0. The van der Waals surface area contributed by atoms with E-state index in [1.807, 2.05) is 0 Å². The summed E-state index contributed by atoms with van der Waals surface area (Å²) in [5, 5.41) is 0. The maximum Gasteiger partial charge on any atom is 2.00 e. The third kappa shape index (κ3) is 18.2. The van der Waals surface area contributed by atoms with Crippen LogP contribution in [-0.4, -0.2) is 43.2 Å². The van der Waals surface area contributed by atoms with Crippen molar-refractivity contribution in [3.63, 3.8) is 0 Å². The van der Waals surface area contributed by atoms with Crippen molar-refractivity contribution >= 4 is 37.7 Å². The molecular formula is H4CaNiOSmTi. The van der Waals surface area contributed by atoms with E-state index in [4.69, 9.17) is 0 Å². The Labute approximate surface area is 122 Å². The maximum atomic E-state index is 0. The van der Waals surface area contributed by atoms with Crippen molar-refractivity contribution in [2.75, 3.05) is 0 Å². The molecule has 0 aliphatic heterocycles. The molecule has 0 unspecified atom stereocenters. The van der Waals surface area contributed by atoms with Crippen LogP contribution in [0.4, 0.5) is 0 Å². The molecule has 0 aromatic carbocycles. The summed E-state index contributed by atoms with van der Waals surface area (Å²) in [6, 6.07) is 0. The van der Waals surface area contributed by atoms with Gasteiger partial charge in [-0.2, -0.15) is 0 Å². The molecule has 2 N–H and O–H groups in total. The van der Waals surface area contributed by atoms with Crippen LogP contribution in [0.2, 0.25) is 0 Å². The zero-order chi connectivity index (χ0) is 0. The van der Waals surface area contributed by atoms with E-state index in [2.05, 4.69) is 0 Å². The normalized spacial score (nSPS) is 0. The summed E-state index contributed by atoms with van der Waals surface area (Å²) in [5.41, 5.74) is 0. The van der Waals surface area contributed by atoms with Crippen molar-refractivity contribution < 1.29 is 86.9 Å². The van der Waals surface area contributed by atoms with E-state index >= 15 is 0 Å². The minimum absolute atomic E-state index is 0. The van der Waals surface area contributed by atoms with Crippen molar-refractivity contribution in [3.05, 3.63) is 0 Å². The van der Waals surface area contributed by atoms with Crippen molar-refractivity contribution in [1.29, 1.82) is 0 Å². The van der Waals surface area contributed by atoms with Crippen LogP contribution in [0.5, 0.6) is 0 Å². The maximum absolute atomic E-state index is 0. The van der Waals surface area contributed by atoms with Crippen molar-refractivity contribution in [3.8, 4) is 0 Å². The Morgan fingerprint density at radius 1 is 1.20 bits per heavy atom. The summed E-state index contributed by atoms with van der Waals surface area (Å²) in [6.07, 6.45) is 0. The first-order valence-corrected chi connectivity index (χ1v) is 0. The van der Waals surface area contributed by atoms with E-state index in [9.17, 15) is 0 Å². The largest absolute Gasteiger partial charge is 2.00 e. The van der Waals surface area contributed by atoms with E-state index in [1.54, 1.807) is 0 Å². The van der Waals surface area contributed by atoms with Crippen LogP contribution in [0.3, 0.4) is 0 Å². The fourth-order valence-electron chi connectivity index (χ4n) is 0. The predicted molar refractivity (Wildman–Crippen MR) is 11.6 cm³/mol. The van der Waals surface area contributed by atoms with Crippen molar-refractivity contribution in [1.82, 2.24) is 0 Å². The van der Waals surface area contributed by atoms with Crippen LogP contribution in [0.15, 0.2) is 0 Å². The monoisotopic (exact) mass is 318 g/mol. The van der Waals surface area contributed by atoms with Gasteiger partial charge in [-0.15, -0.1) is 0 Å². The summed E-state index contributed by atoms with van der Waals surface area (Å²) < 4.78 is 0. The standard InChI is InChI=1S/Ca.Ni.H2O.Sm.Ti.2H/h;;1H2;;;;/q+2;;;;;2*-1. The SMILES string of the molecule is O.[Ca+2].[H-].[H-].[Ni].[Sm].[Ti]. The first-order valence-electron chi connectivity index (χ1n) is 0. The number of hydrogen-bond acceptors (Lipinski definition) is 0. The molecule has 0 rings (SSSR count). The van der Waals surface area contributed by atoms with Gasteiger partial charge in [0, 0.05) is 78.6 Å². The molecule has 0 fully saturated rings. The molecule has 5 heteroatoms. The Bertz CT molecular complexity index is 17.7. The molecule has 0 heterocycles. The van der Waals surface area contributed by atoms with Crippen LogP contribution in [-0.2, 0) is 38.2 Å². The van der Waals surface area contributed by atoms with Crippen molar-refractivity contribution in [2.24, 2.45) is 0 Å². The van der Waals surface area contributed by atoms with Gasteiger partial charge in [0.05, 0.1) is 0 Å². The Balaban J connectivity index is 0. The van der Waals surface area contributed by atoms with Crippen LogP contribution in [0.25, 0.3) is 0 Å². The van der Waals surface area contributed by atoms with E-state index in [-0.39, 0.29) is 125 Å². The molecule has 0 saturated carbocycles. The minimum atomic E-state index is 0. The molecule has 0 amide bonds. The summed E-state index contributed by atoms with van der Waals surface area (Å²) in [4.78, 5) is 0. The Hall–Kier alpha value is 3.77. The number of rotatable bonds is 0. The zero-order valence-corrected chi connectivity index (χ0v) is 9.81. The molecule has 32 valence electrons. The summed E-state index contributed by atoms with van der Waals surface area (Å²) in [5.74, 6) is 0. The Kier molecular flexibility index (Phi) is 187. The van der Waals surface area contributed by atoms with Crippen LogP contribution in [0, 0.1) is 40.4 Å². The van der Waals surface area contributed by atoms with Gasteiger partial charge in [0.2, 0.25) is 0 Å². The summed E-state index contributed by atoms with van der Waals surface area (Å²) in [6.45, 7) is 0. The third-order valence-corrected chi connectivity index (χ3v) is 0. The summed E-state index contributed by atoms with van der Waals surface area (Å²) >= 11 is 0. The second-order valence-electron chi connectivity index (χ2n) is 0. The molecule has 0 radical (unpaired) electrons. The smallest absolute Gasteiger partial charge is 1.00 e. The second kappa shape index (κ2) is 25.1. The second-order valence-corrected chi connectivity index (χ2v) is 0. The van der Waals surface area contributed by atoms with Crippen molar-refractivity contribution in [2.45, 2.75) is 0 Å². The molecule has 0 bridgehead atoms. The van der Waals surface area contributed by atoms with Gasteiger partial charge in [-0.1, -0.05) is 0 Å². The zero-order valence-electron chi connectivity index (χ0n) is 4.43. The molecule has 5 heavy (non-hydrogen) atoms. The van der Waals surface area contributed by atoms with Gasteiger partial charge in [0.1, 0.15) is 0 Å². The molecule has 0 aromatic rings. The van der Waals surface area contributed by atoms with Gasteiger partial charge in [-0.3, -0.25) is 0 Å². The van der Waals surface area contributed by atoms with E-state index in [1.165, 1.54) is 0 Å². The predicted octanol–water partition coefficient (Wildman–Crippen LogP) is -0.986. The summed E-state index contributed by atoms with van der Waals surface area (Å²) in [7, 11) is 0. The molecular weight excluding hydrogens is 313 g/mol. The van der Waals surface area contributed by atoms with Crippen LogP contribution >= 0.6 is 0 Å². The van der Waals surface area contributed by atoms with Gasteiger partial charge in [-0.05, 0) is 0 Å².